The number of aromatic amines is 1. The van der Waals surface area contributed by atoms with Crippen LogP contribution in [0.4, 0.5) is 0 Å². The van der Waals surface area contributed by atoms with Crippen LogP contribution in [0.1, 0.15) is 30.9 Å². The minimum Gasteiger partial charge on any atom is -0.486 e. The molecule has 3 aromatic rings. The molecule has 2 aromatic carbocycles. The fourth-order valence-electron chi connectivity index (χ4n) is 3.34. The third kappa shape index (κ3) is 4.19. The van der Waals surface area contributed by atoms with Gasteiger partial charge >= 0.3 is 0 Å². The highest BCUT2D eigenvalue weighted by atomic mass is 16.5. The summed E-state index contributed by atoms with van der Waals surface area (Å²) in [5.74, 6) is 0.942. The van der Waals surface area contributed by atoms with Gasteiger partial charge in [-0.3, -0.25) is 9.89 Å². The van der Waals surface area contributed by atoms with E-state index in [9.17, 15) is 4.79 Å². The fraction of sp³-hybridized carbons (Fsp3) is 0.273. The molecule has 1 atom stereocenters. The molecule has 5 heteroatoms. The average Bonchev–Trinajstić information content (AvgIpc) is 3.21. The molecule has 138 valence electrons. The van der Waals surface area contributed by atoms with Crippen LogP contribution >= 0.6 is 0 Å². The predicted octanol–water partition coefficient (Wildman–Crippen LogP) is 3.72. The van der Waals surface area contributed by atoms with Crippen molar-refractivity contribution in [2.24, 2.45) is 0 Å². The summed E-state index contributed by atoms with van der Waals surface area (Å²) >= 11 is 0. The van der Waals surface area contributed by atoms with Crippen LogP contribution in [-0.2, 0) is 11.2 Å². The Morgan fingerprint density at radius 2 is 1.74 bits per heavy atom. The van der Waals surface area contributed by atoms with Crippen molar-refractivity contribution in [3.8, 4) is 17.0 Å². The van der Waals surface area contributed by atoms with Gasteiger partial charge in [0.2, 0.25) is 5.91 Å². The third-order valence-corrected chi connectivity index (χ3v) is 5.00. The molecule has 1 amide bonds. The van der Waals surface area contributed by atoms with Crippen LogP contribution in [0, 0.1) is 0 Å². The van der Waals surface area contributed by atoms with Crippen LogP contribution in [0.5, 0.6) is 5.75 Å². The molecule has 1 saturated heterocycles. The number of piperidine rings is 1. The number of hydrogen-bond donors (Lipinski definition) is 2. The molecule has 1 aliphatic heterocycles. The van der Waals surface area contributed by atoms with E-state index in [1.54, 1.807) is 6.20 Å². The third-order valence-electron chi connectivity index (χ3n) is 5.00. The van der Waals surface area contributed by atoms with Crippen molar-refractivity contribution in [3.63, 3.8) is 0 Å². The summed E-state index contributed by atoms with van der Waals surface area (Å²) in [6.45, 7) is 2.60. The van der Waals surface area contributed by atoms with Gasteiger partial charge in [0, 0.05) is 12.6 Å². The lowest BCUT2D eigenvalue weighted by Crippen LogP contribution is -2.49. The molecule has 2 heterocycles. The molecule has 0 radical (unpaired) electrons. The largest absolute Gasteiger partial charge is 0.486 e. The number of aromatic nitrogens is 2. The zero-order valence-electron chi connectivity index (χ0n) is 15.4. The number of carbonyl (C=O) groups is 1. The summed E-state index contributed by atoms with van der Waals surface area (Å²) in [5, 5.41) is 9.85. The molecule has 0 saturated carbocycles. The molecule has 1 aliphatic rings. The molecule has 0 spiro atoms. The van der Waals surface area contributed by atoms with E-state index < -0.39 is 0 Å². The minimum absolute atomic E-state index is 0.102. The Hall–Kier alpha value is -3.08. The van der Waals surface area contributed by atoms with Gasteiger partial charge in [-0.25, -0.2) is 0 Å². The second kappa shape index (κ2) is 7.27. The number of hydrogen-bond acceptors (Lipinski definition) is 3. The Kier molecular flexibility index (Phi) is 4.67. The van der Waals surface area contributed by atoms with E-state index in [1.807, 2.05) is 25.1 Å². The van der Waals surface area contributed by atoms with Crippen LogP contribution < -0.4 is 10.1 Å². The molecule has 1 aromatic heterocycles. The van der Waals surface area contributed by atoms with Crippen LogP contribution in [0.2, 0.25) is 0 Å². The molecule has 0 bridgehead atoms. The maximum Gasteiger partial charge on any atom is 0.220 e. The zero-order chi connectivity index (χ0) is 18.7. The fourth-order valence-corrected chi connectivity index (χ4v) is 3.34. The summed E-state index contributed by atoms with van der Waals surface area (Å²) < 4.78 is 6.13. The van der Waals surface area contributed by atoms with E-state index >= 15 is 0 Å². The lowest BCUT2D eigenvalue weighted by molar-refractivity contribution is -0.125. The molecule has 5 nitrogen and oxygen atoms in total. The van der Waals surface area contributed by atoms with Gasteiger partial charge in [0.1, 0.15) is 11.4 Å². The number of ether oxygens (including phenoxy) is 1. The Morgan fingerprint density at radius 3 is 2.33 bits per heavy atom. The first-order chi connectivity index (χ1) is 13.1. The summed E-state index contributed by atoms with van der Waals surface area (Å²) in [4.78, 5) is 11.3. The molecular weight excluding hydrogens is 338 g/mol. The maximum absolute atomic E-state index is 11.3. The zero-order valence-corrected chi connectivity index (χ0v) is 15.4. The highest BCUT2D eigenvalue weighted by molar-refractivity contribution is 5.77. The Labute approximate surface area is 158 Å². The highest BCUT2D eigenvalue weighted by Crippen LogP contribution is 2.25. The van der Waals surface area contributed by atoms with Crippen LogP contribution in [-0.4, -0.2) is 28.3 Å². The van der Waals surface area contributed by atoms with Crippen molar-refractivity contribution in [3.05, 3.63) is 71.9 Å². The van der Waals surface area contributed by atoms with E-state index in [2.05, 4.69) is 51.9 Å². The Morgan fingerprint density at radius 1 is 1.04 bits per heavy atom. The number of benzene rings is 2. The SMILES string of the molecule is C[C@@]1(Oc2ccc(Cc3ccc(-c4ccn[nH]4)cc3)cc2)CCC(=O)NC1. The van der Waals surface area contributed by atoms with Crippen molar-refractivity contribution in [1.29, 1.82) is 0 Å². The quantitative estimate of drug-likeness (QED) is 0.728. The second-order valence-electron chi connectivity index (χ2n) is 7.32. The molecule has 27 heavy (non-hydrogen) atoms. The first-order valence-corrected chi connectivity index (χ1v) is 9.23. The van der Waals surface area contributed by atoms with Gasteiger partial charge in [-0.05, 0) is 54.7 Å². The van der Waals surface area contributed by atoms with Crippen LogP contribution in [0.3, 0.4) is 0 Å². The lowest BCUT2D eigenvalue weighted by Gasteiger charge is -2.34. The van der Waals surface area contributed by atoms with E-state index in [4.69, 9.17) is 4.74 Å². The normalized spacial score (nSPS) is 19.5. The predicted molar refractivity (Wildman–Crippen MR) is 105 cm³/mol. The Bertz CT molecular complexity index is 890. The number of nitrogens with zero attached hydrogens (tertiary/aromatic N) is 1. The van der Waals surface area contributed by atoms with E-state index in [1.165, 1.54) is 11.1 Å². The highest BCUT2D eigenvalue weighted by Gasteiger charge is 2.31. The molecule has 0 unspecified atom stereocenters. The van der Waals surface area contributed by atoms with Gasteiger partial charge in [0.25, 0.3) is 0 Å². The first-order valence-electron chi connectivity index (χ1n) is 9.23. The number of H-pyrrole nitrogens is 1. The molecule has 1 fully saturated rings. The summed E-state index contributed by atoms with van der Waals surface area (Å²) in [6.07, 6.45) is 3.89. The standard InChI is InChI=1S/C22H23N3O2/c1-22(12-10-21(26)23-15-22)27-19-8-4-17(5-9-19)14-16-2-6-18(7-3-16)20-11-13-24-25-20/h2-9,11,13H,10,12,14-15H2,1H3,(H,23,26)(H,24,25)/t22-/m1/s1. The van der Waals surface area contributed by atoms with Gasteiger partial charge in [-0.2, -0.15) is 5.10 Å². The molecule has 4 rings (SSSR count). The smallest absolute Gasteiger partial charge is 0.220 e. The van der Waals surface area contributed by atoms with Crippen LogP contribution in [0.15, 0.2) is 60.8 Å². The molecular formula is C22H23N3O2. The monoisotopic (exact) mass is 361 g/mol. The molecule has 2 N–H and O–H groups in total. The minimum atomic E-state index is -0.335. The van der Waals surface area contributed by atoms with E-state index in [0.29, 0.717) is 13.0 Å². The van der Waals surface area contributed by atoms with Gasteiger partial charge in [-0.1, -0.05) is 36.4 Å². The maximum atomic E-state index is 11.3. The number of amides is 1. The van der Waals surface area contributed by atoms with E-state index in [-0.39, 0.29) is 11.5 Å². The summed E-state index contributed by atoms with van der Waals surface area (Å²) in [6, 6.07) is 18.7. The topological polar surface area (TPSA) is 67.0 Å². The average molecular weight is 361 g/mol. The lowest BCUT2D eigenvalue weighted by atomic mass is 9.95. The van der Waals surface area contributed by atoms with Crippen molar-refractivity contribution < 1.29 is 9.53 Å². The van der Waals surface area contributed by atoms with Gasteiger partial charge in [0.15, 0.2) is 0 Å². The van der Waals surface area contributed by atoms with Crippen molar-refractivity contribution in [2.45, 2.75) is 31.8 Å². The summed E-state index contributed by atoms with van der Waals surface area (Å²) in [7, 11) is 0. The van der Waals surface area contributed by atoms with Gasteiger partial charge in [-0.15, -0.1) is 0 Å². The van der Waals surface area contributed by atoms with E-state index in [0.717, 1.165) is 29.8 Å². The second-order valence-corrected chi connectivity index (χ2v) is 7.32. The van der Waals surface area contributed by atoms with Crippen LogP contribution in [0.25, 0.3) is 11.3 Å². The van der Waals surface area contributed by atoms with Crippen molar-refractivity contribution in [2.75, 3.05) is 6.54 Å². The summed E-state index contributed by atoms with van der Waals surface area (Å²) in [5.41, 5.74) is 4.31. The van der Waals surface area contributed by atoms with Crippen molar-refractivity contribution in [1.82, 2.24) is 15.5 Å². The number of carbonyl (C=O) groups excluding carboxylic acids is 1. The first kappa shape index (κ1) is 17.3. The van der Waals surface area contributed by atoms with Gasteiger partial charge in [0.05, 0.1) is 12.2 Å². The Balaban J connectivity index is 1.38. The number of nitrogens with one attached hydrogen (secondary N) is 2. The molecule has 0 aliphatic carbocycles. The number of rotatable bonds is 5. The van der Waals surface area contributed by atoms with Gasteiger partial charge < -0.3 is 10.1 Å². The van der Waals surface area contributed by atoms with Crippen molar-refractivity contribution >= 4 is 5.91 Å².